The highest BCUT2D eigenvalue weighted by Crippen LogP contribution is 2.65. The second-order valence-corrected chi connectivity index (χ2v) is 20.2. The lowest BCUT2D eigenvalue weighted by molar-refractivity contribution is 0.208. The Morgan fingerprint density at radius 2 is 0.593 bits per heavy atom. The van der Waals surface area contributed by atoms with Crippen LogP contribution in [0.25, 0.3) is 0 Å². The minimum Gasteiger partial charge on any atom is -0.497 e. The van der Waals surface area contributed by atoms with Gasteiger partial charge in [-0.25, -0.2) is 0 Å². The van der Waals surface area contributed by atoms with Crippen LogP contribution in [0.3, 0.4) is 0 Å². The average Bonchev–Trinajstić information content (AvgIpc) is 1.47. The summed E-state index contributed by atoms with van der Waals surface area (Å²) in [6, 6.07) is 62.9. The van der Waals surface area contributed by atoms with Gasteiger partial charge in [-0.15, -0.1) is 0 Å². The van der Waals surface area contributed by atoms with Gasteiger partial charge < -0.3 is 57.5 Å². The minimum atomic E-state index is -0.780. The number of methoxy groups -OCH3 is 8. The second-order valence-electron chi connectivity index (χ2n) is 20.2. The van der Waals surface area contributed by atoms with Crippen molar-refractivity contribution in [3.8, 4) is 34.5 Å². The van der Waals surface area contributed by atoms with E-state index in [-0.39, 0.29) is 23.9 Å². The maximum atomic E-state index is 6.23. The standard InChI is InChI=1S/C69H64N4O8/c1-74-53-25-17-47(18-26-53)70(48-19-27-54(75-2)28-20-48)45-9-13-51(14-10-45)72-65-37-33-57(78-5)41-61(65)69(62-42-58(79-6)34-38-66(62)72)63-43-59(80-7)35-39-67(63)73(68-40-36-60(81-8)44-64(68)69)52-15-11-46(12-16-52)71(49-21-29-55(76-3)30-22-49)50-23-31-56(77-4)32-24-50/h9-44,61,63,65,67H,1-8H3. The molecule has 0 fully saturated rings. The lowest BCUT2D eigenvalue weighted by Crippen LogP contribution is -2.62. The van der Waals surface area contributed by atoms with Crippen LogP contribution in [-0.4, -0.2) is 69.0 Å². The predicted octanol–water partition coefficient (Wildman–Crippen LogP) is 15.4. The number of allylic oxidation sites excluding steroid dienone is 2. The van der Waals surface area contributed by atoms with Crippen molar-refractivity contribution in [3.63, 3.8) is 0 Å². The van der Waals surface area contributed by atoms with Gasteiger partial charge in [0.1, 0.15) is 46.0 Å². The molecular formula is C69H64N4O8. The summed E-state index contributed by atoms with van der Waals surface area (Å²) in [5.74, 6) is 5.75. The zero-order chi connectivity index (χ0) is 55.8. The van der Waals surface area contributed by atoms with Gasteiger partial charge in [0.2, 0.25) is 0 Å². The van der Waals surface area contributed by atoms with E-state index >= 15 is 0 Å². The van der Waals surface area contributed by atoms with Gasteiger partial charge in [-0.1, -0.05) is 12.2 Å². The quantitative estimate of drug-likeness (QED) is 0.0923. The minimum absolute atomic E-state index is 0.201. The van der Waals surface area contributed by atoms with Crippen molar-refractivity contribution in [1.29, 1.82) is 0 Å². The topological polar surface area (TPSA) is 86.8 Å². The Kier molecular flexibility index (Phi) is 14.0. The molecule has 408 valence electrons. The van der Waals surface area contributed by atoms with Crippen LogP contribution < -0.4 is 48.0 Å². The molecule has 8 aromatic carbocycles. The molecular weight excluding hydrogens is 1010 g/mol. The van der Waals surface area contributed by atoms with Crippen molar-refractivity contribution in [2.24, 2.45) is 11.8 Å². The van der Waals surface area contributed by atoms with E-state index in [4.69, 9.17) is 37.9 Å². The smallest absolute Gasteiger partial charge is 0.119 e. The number of nitrogens with zero attached hydrogens (tertiary/aromatic N) is 4. The Morgan fingerprint density at radius 3 is 0.864 bits per heavy atom. The van der Waals surface area contributed by atoms with E-state index in [1.54, 1.807) is 56.9 Å². The van der Waals surface area contributed by atoms with Crippen molar-refractivity contribution in [3.05, 3.63) is 241 Å². The molecule has 8 aromatic rings. The number of hydrogen-bond acceptors (Lipinski definition) is 12. The van der Waals surface area contributed by atoms with E-state index < -0.39 is 5.41 Å². The summed E-state index contributed by atoms with van der Waals surface area (Å²) in [5, 5.41) is 0. The molecule has 12 nitrogen and oxygen atoms in total. The number of ether oxygens (including phenoxy) is 8. The predicted molar refractivity (Wildman–Crippen MR) is 323 cm³/mol. The molecule has 2 aliphatic carbocycles. The Balaban J connectivity index is 1.03. The highest BCUT2D eigenvalue weighted by atomic mass is 16.5. The van der Waals surface area contributed by atoms with Gasteiger partial charge >= 0.3 is 0 Å². The number of benzene rings is 8. The molecule has 0 radical (unpaired) electrons. The first-order valence-electron chi connectivity index (χ1n) is 27.0. The maximum Gasteiger partial charge on any atom is 0.119 e. The maximum absolute atomic E-state index is 6.23. The molecule has 4 aliphatic rings. The lowest BCUT2D eigenvalue weighted by Gasteiger charge is -2.61. The fraction of sp³-hybridized carbons (Fsp3) is 0.188. The van der Waals surface area contributed by atoms with Gasteiger partial charge in [0.25, 0.3) is 0 Å². The van der Waals surface area contributed by atoms with Gasteiger partial charge in [-0.3, -0.25) is 0 Å². The molecule has 12 heteroatoms. The molecule has 81 heavy (non-hydrogen) atoms. The third-order valence-corrected chi connectivity index (χ3v) is 16.4. The molecule has 0 saturated heterocycles. The van der Waals surface area contributed by atoms with E-state index in [9.17, 15) is 0 Å². The number of fused-ring (bicyclic) bond motifs is 8. The van der Waals surface area contributed by atoms with E-state index in [1.807, 2.05) is 48.5 Å². The first kappa shape index (κ1) is 52.0. The third kappa shape index (κ3) is 9.06. The van der Waals surface area contributed by atoms with Gasteiger partial charge in [0.15, 0.2) is 0 Å². The van der Waals surface area contributed by atoms with Crippen molar-refractivity contribution in [2.75, 3.05) is 76.5 Å². The van der Waals surface area contributed by atoms with Crippen LogP contribution in [0.2, 0.25) is 0 Å². The molecule has 0 saturated carbocycles. The lowest BCUT2D eigenvalue weighted by atomic mass is 9.50. The molecule has 4 unspecified atom stereocenters. The summed E-state index contributed by atoms with van der Waals surface area (Å²) in [4.78, 5) is 9.44. The molecule has 2 heterocycles. The zero-order valence-corrected chi connectivity index (χ0v) is 46.6. The van der Waals surface area contributed by atoms with Crippen molar-refractivity contribution in [2.45, 2.75) is 17.5 Å². The number of anilines is 10. The van der Waals surface area contributed by atoms with Gasteiger partial charge in [-0.2, -0.15) is 0 Å². The molecule has 4 atom stereocenters. The van der Waals surface area contributed by atoms with Crippen LogP contribution in [-0.2, 0) is 14.9 Å². The number of rotatable bonds is 16. The summed E-state index contributed by atoms with van der Waals surface area (Å²) in [7, 11) is 13.7. The molecule has 0 bridgehead atoms. The average molecular weight is 1080 g/mol. The Hall–Kier alpha value is -9.68. The Morgan fingerprint density at radius 1 is 0.321 bits per heavy atom. The highest BCUT2D eigenvalue weighted by molar-refractivity contribution is 5.85. The van der Waals surface area contributed by atoms with Crippen LogP contribution in [0, 0.1) is 11.8 Å². The first-order valence-corrected chi connectivity index (χ1v) is 27.0. The van der Waals surface area contributed by atoms with Crippen molar-refractivity contribution < 1.29 is 37.9 Å². The van der Waals surface area contributed by atoms with E-state index in [1.165, 1.54) is 0 Å². The summed E-state index contributed by atoms with van der Waals surface area (Å²) < 4.78 is 47.1. The molecule has 0 N–H and O–H groups in total. The van der Waals surface area contributed by atoms with E-state index in [2.05, 4.69) is 190 Å². The van der Waals surface area contributed by atoms with E-state index in [0.717, 1.165) is 114 Å². The summed E-state index contributed by atoms with van der Waals surface area (Å²) >= 11 is 0. The van der Waals surface area contributed by atoms with Crippen LogP contribution in [0.1, 0.15) is 11.1 Å². The van der Waals surface area contributed by atoms with Gasteiger partial charge in [0.05, 0.1) is 69.0 Å². The summed E-state index contributed by atoms with van der Waals surface area (Å²) in [5.41, 5.74) is 11.5. The SMILES string of the molecule is COC1=CC2C(C=C1)N(c1ccc(N(c3ccc(OC)cc3)c3ccc(OC)cc3)cc1)c1ccc(OC)cc1C21c2cc(OC)ccc2N(c2ccc(N(c3ccc(OC)cc3)c3ccc(OC)cc3)cc2)C2C=CC(OC)=CC21. The largest absolute Gasteiger partial charge is 0.497 e. The third-order valence-electron chi connectivity index (χ3n) is 16.4. The molecule has 12 rings (SSSR count). The summed E-state index contributed by atoms with van der Waals surface area (Å²) in [6.07, 6.45) is 13.5. The van der Waals surface area contributed by atoms with Gasteiger partial charge in [0, 0.05) is 74.1 Å². The fourth-order valence-electron chi connectivity index (χ4n) is 12.6. The van der Waals surface area contributed by atoms with Crippen LogP contribution in [0.4, 0.5) is 56.9 Å². The normalized spacial score (nSPS) is 19.2. The Labute approximate surface area is 474 Å². The highest BCUT2D eigenvalue weighted by Gasteiger charge is 2.62. The second kappa shape index (κ2) is 21.9. The number of hydrogen-bond donors (Lipinski definition) is 0. The van der Waals surface area contributed by atoms with Crippen LogP contribution in [0.5, 0.6) is 34.5 Å². The molecule has 0 amide bonds. The van der Waals surface area contributed by atoms with Gasteiger partial charge in [-0.05, 0) is 217 Å². The fourth-order valence-corrected chi connectivity index (χ4v) is 12.6. The van der Waals surface area contributed by atoms with Crippen molar-refractivity contribution in [1.82, 2.24) is 0 Å². The van der Waals surface area contributed by atoms with Crippen LogP contribution >= 0.6 is 0 Å². The monoisotopic (exact) mass is 1080 g/mol. The molecule has 1 spiro atoms. The zero-order valence-electron chi connectivity index (χ0n) is 46.6. The van der Waals surface area contributed by atoms with Crippen molar-refractivity contribution >= 4 is 56.9 Å². The molecule has 0 aromatic heterocycles. The van der Waals surface area contributed by atoms with E-state index in [0.29, 0.717) is 0 Å². The molecule has 2 aliphatic heterocycles. The summed E-state index contributed by atoms with van der Waals surface area (Å²) in [6.45, 7) is 0. The first-order chi connectivity index (χ1) is 39.7. The Bertz CT molecular complexity index is 3330. The van der Waals surface area contributed by atoms with Crippen LogP contribution in [0.15, 0.2) is 230 Å².